The summed E-state index contributed by atoms with van der Waals surface area (Å²) in [6.45, 7) is 0. The Kier molecular flexibility index (Phi) is 4.39. The van der Waals surface area contributed by atoms with E-state index in [-0.39, 0.29) is 11.9 Å². The van der Waals surface area contributed by atoms with E-state index in [1.54, 1.807) is 23.1 Å². The number of nitrogens with zero attached hydrogens (tertiary/aromatic N) is 1. The quantitative estimate of drug-likeness (QED) is 0.480. The predicted octanol–water partition coefficient (Wildman–Crippen LogP) is 5.61. The van der Waals surface area contributed by atoms with E-state index in [0.717, 1.165) is 24.5 Å². The van der Waals surface area contributed by atoms with Crippen LogP contribution in [0.2, 0.25) is 0 Å². The lowest BCUT2D eigenvalue weighted by molar-refractivity contribution is -0.124. The number of thioether (sulfide) groups is 1. The number of thiocarbonyl (C=S) groups is 1. The van der Waals surface area contributed by atoms with Gasteiger partial charge in [0.05, 0.1) is 4.91 Å². The van der Waals surface area contributed by atoms with E-state index < -0.39 is 11.6 Å². The summed E-state index contributed by atoms with van der Waals surface area (Å²) in [4.78, 5) is 15.3. The van der Waals surface area contributed by atoms with E-state index in [0.29, 0.717) is 32.2 Å². The van der Waals surface area contributed by atoms with Crippen molar-refractivity contribution in [2.24, 2.45) is 11.8 Å². The number of benzene rings is 1. The van der Waals surface area contributed by atoms with Crippen LogP contribution in [0.15, 0.2) is 39.7 Å². The first kappa shape index (κ1) is 18.1. The highest BCUT2D eigenvalue weighted by Gasteiger charge is 2.47. The van der Waals surface area contributed by atoms with E-state index in [2.05, 4.69) is 0 Å². The van der Waals surface area contributed by atoms with Crippen molar-refractivity contribution in [2.45, 2.75) is 31.7 Å². The van der Waals surface area contributed by atoms with Crippen molar-refractivity contribution in [3.8, 4) is 11.3 Å². The number of hydrogen-bond acceptors (Lipinski definition) is 4. The number of carbonyl (C=O) groups is 1. The molecule has 0 N–H and O–H groups in total. The monoisotopic (exact) mass is 417 g/mol. The second-order valence-electron chi connectivity index (χ2n) is 7.62. The first-order valence-electron chi connectivity index (χ1n) is 9.32. The van der Waals surface area contributed by atoms with Gasteiger partial charge in [0.25, 0.3) is 5.91 Å². The van der Waals surface area contributed by atoms with Gasteiger partial charge in [0.1, 0.15) is 15.8 Å². The number of halogens is 2. The second kappa shape index (κ2) is 6.81. The van der Waals surface area contributed by atoms with Crippen LogP contribution in [0.25, 0.3) is 17.4 Å². The molecule has 2 heterocycles. The van der Waals surface area contributed by atoms with Gasteiger partial charge in [-0.3, -0.25) is 9.69 Å². The van der Waals surface area contributed by atoms with Crippen LogP contribution < -0.4 is 0 Å². The molecule has 0 radical (unpaired) electrons. The zero-order chi connectivity index (χ0) is 19.4. The van der Waals surface area contributed by atoms with Crippen LogP contribution in [-0.2, 0) is 4.79 Å². The van der Waals surface area contributed by atoms with Gasteiger partial charge in [-0.05, 0) is 61.4 Å². The molecule has 2 saturated carbocycles. The average molecular weight is 418 g/mol. The standard InChI is InChI=1S/C21H17F2NO2S2/c22-15-5-3-13(9-16(15)23)18-6-4-14(26-18)10-19-20(25)24(21(27)28-19)17-8-11-1-2-12(17)7-11/h3-6,9-12,17H,1-2,7-8H2/b19-10-. The third-order valence-corrected chi connectivity index (χ3v) is 7.29. The molecule has 1 saturated heterocycles. The fourth-order valence-electron chi connectivity index (χ4n) is 4.66. The highest BCUT2D eigenvalue weighted by molar-refractivity contribution is 8.26. The normalized spacial score (nSPS) is 28.1. The van der Waals surface area contributed by atoms with Crippen molar-refractivity contribution >= 4 is 40.3 Å². The topological polar surface area (TPSA) is 33.5 Å². The van der Waals surface area contributed by atoms with Crippen molar-refractivity contribution in [2.75, 3.05) is 0 Å². The first-order chi connectivity index (χ1) is 13.5. The molecule has 1 aliphatic heterocycles. The highest BCUT2D eigenvalue weighted by Crippen LogP contribution is 2.49. The van der Waals surface area contributed by atoms with E-state index >= 15 is 0 Å². The smallest absolute Gasteiger partial charge is 0.266 e. The summed E-state index contributed by atoms with van der Waals surface area (Å²) in [6.07, 6.45) is 6.38. The molecule has 3 aliphatic rings. The minimum absolute atomic E-state index is 0.0571. The molecule has 144 valence electrons. The van der Waals surface area contributed by atoms with E-state index in [1.807, 2.05) is 0 Å². The summed E-state index contributed by atoms with van der Waals surface area (Å²) in [6, 6.07) is 7.22. The molecule has 1 aromatic heterocycles. The minimum atomic E-state index is -0.929. The first-order valence-corrected chi connectivity index (χ1v) is 10.5. The Bertz CT molecular complexity index is 1020. The molecule has 1 amide bonds. The number of furan rings is 1. The Hall–Kier alpha value is -1.99. The minimum Gasteiger partial charge on any atom is -0.457 e. The molecule has 28 heavy (non-hydrogen) atoms. The van der Waals surface area contributed by atoms with Gasteiger partial charge in [0, 0.05) is 17.7 Å². The summed E-state index contributed by atoms with van der Waals surface area (Å²) in [5.74, 6) is 0.296. The third kappa shape index (κ3) is 3.01. The summed E-state index contributed by atoms with van der Waals surface area (Å²) < 4.78 is 32.9. The Labute approximate surface area is 170 Å². The van der Waals surface area contributed by atoms with E-state index in [9.17, 15) is 13.6 Å². The Morgan fingerprint density at radius 2 is 2.00 bits per heavy atom. The van der Waals surface area contributed by atoms with Crippen LogP contribution in [0.5, 0.6) is 0 Å². The number of carbonyl (C=O) groups excluding carboxylic acids is 1. The molecular weight excluding hydrogens is 400 g/mol. The number of hydrogen-bond donors (Lipinski definition) is 0. The van der Waals surface area contributed by atoms with Crippen LogP contribution in [0.3, 0.4) is 0 Å². The van der Waals surface area contributed by atoms with Crippen molar-refractivity contribution in [1.82, 2.24) is 4.90 Å². The van der Waals surface area contributed by atoms with Crippen molar-refractivity contribution in [3.63, 3.8) is 0 Å². The molecule has 5 rings (SSSR count). The third-order valence-electron chi connectivity index (χ3n) is 5.96. The van der Waals surface area contributed by atoms with Gasteiger partial charge in [-0.1, -0.05) is 30.4 Å². The maximum Gasteiger partial charge on any atom is 0.266 e. The van der Waals surface area contributed by atoms with E-state index in [4.69, 9.17) is 16.6 Å². The van der Waals surface area contributed by atoms with Gasteiger partial charge in [-0.25, -0.2) is 8.78 Å². The van der Waals surface area contributed by atoms with Gasteiger partial charge in [0.15, 0.2) is 11.6 Å². The highest BCUT2D eigenvalue weighted by atomic mass is 32.2. The number of amides is 1. The molecule has 3 unspecified atom stereocenters. The lowest BCUT2D eigenvalue weighted by Crippen LogP contribution is -2.41. The molecule has 7 heteroatoms. The molecule has 3 fully saturated rings. The van der Waals surface area contributed by atoms with Crippen molar-refractivity contribution in [1.29, 1.82) is 0 Å². The largest absolute Gasteiger partial charge is 0.457 e. The molecule has 0 spiro atoms. The van der Waals surface area contributed by atoms with Crippen molar-refractivity contribution in [3.05, 3.63) is 52.6 Å². The summed E-state index contributed by atoms with van der Waals surface area (Å²) >= 11 is 6.79. The van der Waals surface area contributed by atoms with Crippen LogP contribution in [0.1, 0.15) is 31.4 Å². The van der Waals surface area contributed by atoms with Gasteiger partial charge < -0.3 is 4.42 Å². The van der Waals surface area contributed by atoms with Crippen LogP contribution in [-0.4, -0.2) is 21.2 Å². The Morgan fingerprint density at radius 1 is 1.14 bits per heavy atom. The molecule has 1 aromatic carbocycles. The summed E-state index contributed by atoms with van der Waals surface area (Å²) in [5, 5.41) is 0. The van der Waals surface area contributed by atoms with Gasteiger partial charge >= 0.3 is 0 Å². The number of fused-ring (bicyclic) bond motifs is 2. The van der Waals surface area contributed by atoms with Gasteiger partial charge in [-0.15, -0.1) is 0 Å². The Morgan fingerprint density at radius 3 is 2.71 bits per heavy atom. The molecule has 2 aliphatic carbocycles. The van der Waals surface area contributed by atoms with Gasteiger partial charge in [-0.2, -0.15) is 0 Å². The zero-order valence-electron chi connectivity index (χ0n) is 14.9. The Balaban J connectivity index is 1.38. The molecular formula is C21H17F2NO2S2. The maximum absolute atomic E-state index is 13.5. The summed E-state index contributed by atoms with van der Waals surface area (Å²) in [5.41, 5.74) is 0.438. The molecule has 2 bridgehead atoms. The van der Waals surface area contributed by atoms with E-state index in [1.165, 1.54) is 37.1 Å². The van der Waals surface area contributed by atoms with Gasteiger partial charge in [0.2, 0.25) is 0 Å². The SMILES string of the molecule is O=C1/C(=C/c2ccc(-c3ccc(F)c(F)c3)o2)SC(=S)N1C1CC2CCC1C2. The lowest BCUT2D eigenvalue weighted by atomic mass is 9.94. The maximum atomic E-state index is 13.5. The molecule has 3 nitrogen and oxygen atoms in total. The van der Waals surface area contributed by atoms with Crippen LogP contribution in [0, 0.1) is 23.5 Å². The van der Waals surface area contributed by atoms with Crippen molar-refractivity contribution < 1.29 is 18.0 Å². The predicted molar refractivity (Wildman–Crippen MR) is 108 cm³/mol. The number of rotatable bonds is 3. The average Bonchev–Trinajstić information content (AvgIpc) is 3.43. The zero-order valence-corrected chi connectivity index (χ0v) is 16.5. The van der Waals surface area contributed by atoms with Crippen LogP contribution in [0.4, 0.5) is 8.78 Å². The fourth-order valence-corrected chi connectivity index (χ4v) is 6.01. The molecule has 2 aromatic rings. The fraction of sp³-hybridized carbons (Fsp3) is 0.333. The molecule has 3 atom stereocenters. The second-order valence-corrected chi connectivity index (χ2v) is 9.30. The lowest BCUT2D eigenvalue weighted by Gasteiger charge is -2.30. The van der Waals surface area contributed by atoms with Crippen LogP contribution >= 0.6 is 24.0 Å². The summed E-state index contributed by atoms with van der Waals surface area (Å²) in [7, 11) is 0.